The molecule has 4 heteroatoms. The number of hydrogen-bond acceptors (Lipinski definition) is 4. The van der Waals surface area contributed by atoms with Gasteiger partial charge in [0, 0.05) is 6.20 Å². The average molecular weight is 229 g/mol. The first kappa shape index (κ1) is 11.1. The number of hydrogen-bond donors (Lipinski definition) is 1. The zero-order chi connectivity index (χ0) is 12.3. The predicted octanol–water partition coefficient (Wildman–Crippen LogP) is 2.37. The lowest BCUT2D eigenvalue weighted by atomic mass is 10.1. The summed E-state index contributed by atoms with van der Waals surface area (Å²) in [7, 11) is 0. The average Bonchev–Trinajstić information content (AvgIpc) is 2.35. The second-order valence-electron chi connectivity index (χ2n) is 3.46. The first-order valence-corrected chi connectivity index (χ1v) is 5.09. The Labute approximate surface area is 98.6 Å². The van der Waals surface area contributed by atoms with Crippen LogP contribution in [0.5, 0.6) is 0 Å². The molecule has 0 amide bonds. The summed E-state index contributed by atoms with van der Waals surface area (Å²) < 4.78 is 5.43. The summed E-state index contributed by atoms with van der Waals surface area (Å²) in [5, 5.41) is 9.69. The number of Topliss-reactive ketones (excluding diaryl/α,β-unsaturated/α-hetero) is 1. The third-order valence-corrected chi connectivity index (χ3v) is 2.25. The van der Waals surface area contributed by atoms with E-state index in [0.29, 0.717) is 11.5 Å². The van der Waals surface area contributed by atoms with Crippen LogP contribution in [0, 0.1) is 0 Å². The molecule has 1 aromatic rings. The molecular formula is C13H11NO3. The van der Waals surface area contributed by atoms with Gasteiger partial charge in [-0.2, -0.15) is 0 Å². The quantitative estimate of drug-likeness (QED) is 0.845. The van der Waals surface area contributed by atoms with Gasteiger partial charge in [-0.15, -0.1) is 0 Å². The summed E-state index contributed by atoms with van der Waals surface area (Å²) in [6.45, 7) is 3.53. The molecule has 2 rings (SSSR count). The number of rotatable bonds is 2. The van der Waals surface area contributed by atoms with Crippen molar-refractivity contribution in [3.05, 3.63) is 60.3 Å². The number of carbonyl (C=O) groups is 1. The van der Waals surface area contributed by atoms with Gasteiger partial charge in [0.2, 0.25) is 11.5 Å². The number of pyridine rings is 1. The molecule has 0 aliphatic carbocycles. The van der Waals surface area contributed by atoms with Gasteiger partial charge in [-0.05, 0) is 18.2 Å². The maximum absolute atomic E-state index is 11.6. The zero-order valence-corrected chi connectivity index (χ0v) is 9.09. The van der Waals surface area contributed by atoms with Crippen LogP contribution in [0.3, 0.4) is 0 Å². The Balaban J connectivity index is 2.44. The van der Waals surface area contributed by atoms with Crippen molar-refractivity contribution in [3.63, 3.8) is 0 Å². The molecule has 4 nitrogen and oxygen atoms in total. The number of aromatic nitrogens is 1. The molecule has 86 valence electrons. The van der Waals surface area contributed by atoms with Crippen molar-refractivity contribution in [2.24, 2.45) is 0 Å². The van der Waals surface area contributed by atoms with Crippen LogP contribution in [0.2, 0.25) is 0 Å². The number of ketones is 1. The highest BCUT2D eigenvalue weighted by atomic mass is 16.5. The fourth-order valence-corrected chi connectivity index (χ4v) is 1.48. The van der Waals surface area contributed by atoms with Gasteiger partial charge in [-0.3, -0.25) is 9.78 Å². The Hall–Kier alpha value is -2.36. The minimum atomic E-state index is -0.384. The van der Waals surface area contributed by atoms with Gasteiger partial charge in [0.1, 0.15) is 11.5 Å². The Morgan fingerprint density at radius 3 is 2.94 bits per heavy atom. The second-order valence-corrected chi connectivity index (χ2v) is 3.46. The van der Waals surface area contributed by atoms with E-state index in [4.69, 9.17) is 4.74 Å². The maximum atomic E-state index is 11.6. The van der Waals surface area contributed by atoms with Crippen LogP contribution >= 0.6 is 0 Å². The van der Waals surface area contributed by atoms with Crippen molar-refractivity contribution in [1.29, 1.82) is 0 Å². The van der Waals surface area contributed by atoms with Crippen molar-refractivity contribution in [2.75, 3.05) is 0 Å². The van der Waals surface area contributed by atoms with E-state index >= 15 is 0 Å². The van der Waals surface area contributed by atoms with Crippen LogP contribution in [0.4, 0.5) is 0 Å². The molecule has 0 saturated heterocycles. The van der Waals surface area contributed by atoms with Crippen LogP contribution in [-0.4, -0.2) is 15.9 Å². The molecule has 17 heavy (non-hydrogen) atoms. The van der Waals surface area contributed by atoms with E-state index < -0.39 is 0 Å². The van der Waals surface area contributed by atoms with Gasteiger partial charge in [0.05, 0.1) is 6.42 Å². The van der Waals surface area contributed by atoms with Gasteiger partial charge in [0.25, 0.3) is 0 Å². The van der Waals surface area contributed by atoms with E-state index in [1.165, 1.54) is 6.08 Å². The second kappa shape index (κ2) is 4.65. The van der Waals surface area contributed by atoms with E-state index in [0.717, 1.165) is 0 Å². The normalized spacial score (nSPS) is 18.1. The number of aliphatic hydroxyl groups excluding tert-OH is 1. The van der Waals surface area contributed by atoms with Gasteiger partial charge in [-0.1, -0.05) is 18.7 Å². The SMILES string of the molecule is C=C/C=C1\CC(=O)C(O)=C(c2ccccn2)O1. The van der Waals surface area contributed by atoms with E-state index in [2.05, 4.69) is 11.6 Å². The highest BCUT2D eigenvalue weighted by Gasteiger charge is 2.26. The summed E-state index contributed by atoms with van der Waals surface area (Å²) in [6, 6.07) is 5.16. The van der Waals surface area contributed by atoms with Gasteiger partial charge in [0.15, 0.2) is 5.76 Å². The van der Waals surface area contributed by atoms with E-state index in [1.54, 1.807) is 30.5 Å². The van der Waals surface area contributed by atoms with E-state index in [9.17, 15) is 9.90 Å². The molecule has 0 saturated carbocycles. The summed E-state index contributed by atoms with van der Waals surface area (Å²) in [6.07, 6.45) is 4.72. The number of nitrogens with zero attached hydrogens (tertiary/aromatic N) is 1. The van der Waals surface area contributed by atoms with Crippen LogP contribution in [0.15, 0.2) is 54.6 Å². The fourth-order valence-electron chi connectivity index (χ4n) is 1.48. The molecular weight excluding hydrogens is 218 g/mol. The zero-order valence-electron chi connectivity index (χ0n) is 9.09. The van der Waals surface area contributed by atoms with Crippen molar-refractivity contribution >= 4 is 11.5 Å². The standard InChI is InChI=1S/C13H11NO3/c1-2-5-9-8-11(15)12(16)13(17-9)10-6-3-4-7-14-10/h2-7,16H,1,8H2/b9-5+. The third-order valence-electron chi connectivity index (χ3n) is 2.25. The Bertz CT molecular complexity index is 515. The lowest BCUT2D eigenvalue weighted by Crippen LogP contribution is -2.15. The molecule has 2 heterocycles. The third kappa shape index (κ3) is 2.25. The smallest absolute Gasteiger partial charge is 0.208 e. The van der Waals surface area contributed by atoms with Crippen LogP contribution < -0.4 is 0 Å². The summed E-state index contributed by atoms with van der Waals surface area (Å²) in [5.74, 6) is -0.228. The molecule has 0 spiro atoms. The van der Waals surface area contributed by atoms with Gasteiger partial charge in [-0.25, -0.2) is 0 Å². The van der Waals surface area contributed by atoms with Crippen molar-refractivity contribution in [3.8, 4) is 0 Å². The molecule has 0 aromatic carbocycles. The minimum Gasteiger partial charge on any atom is -0.502 e. The van der Waals surface area contributed by atoms with Crippen LogP contribution in [0.25, 0.3) is 5.76 Å². The molecule has 0 fully saturated rings. The molecule has 0 unspecified atom stereocenters. The topological polar surface area (TPSA) is 59.4 Å². The Morgan fingerprint density at radius 2 is 2.29 bits per heavy atom. The van der Waals surface area contributed by atoms with Crippen LogP contribution in [-0.2, 0) is 9.53 Å². The van der Waals surface area contributed by atoms with Gasteiger partial charge < -0.3 is 9.84 Å². The first-order valence-electron chi connectivity index (χ1n) is 5.09. The van der Waals surface area contributed by atoms with Crippen molar-refractivity contribution in [2.45, 2.75) is 6.42 Å². The number of ether oxygens (including phenoxy) is 1. The summed E-state index contributed by atoms with van der Waals surface area (Å²) in [4.78, 5) is 15.6. The van der Waals surface area contributed by atoms with E-state index in [-0.39, 0.29) is 23.7 Å². The summed E-state index contributed by atoms with van der Waals surface area (Å²) >= 11 is 0. The predicted molar refractivity (Wildman–Crippen MR) is 62.8 cm³/mol. The molecule has 1 aliphatic heterocycles. The number of aliphatic hydroxyl groups is 1. The number of allylic oxidation sites excluding steroid dienone is 4. The lowest BCUT2D eigenvalue weighted by molar-refractivity contribution is -0.118. The van der Waals surface area contributed by atoms with Crippen LogP contribution in [0.1, 0.15) is 12.1 Å². The molecule has 0 bridgehead atoms. The van der Waals surface area contributed by atoms with Gasteiger partial charge >= 0.3 is 0 Å². The van der Waals surface area contributed by atoms with Crippen molar-refractivity contribution < 1.29 is 14.6 Å². The molecule has 0 radical (unpaired) electrons. The Morgan fingerprint density at radius 1 is 1.47 bits per heavy atom. The minimum absolute atomic E-state index is 0.0359. The molecule has 0 atom stereocenters. The molecule has 1 N–H and O–H groups in total. The highest BCUT2D eigenvalue weighted by molar-refractivity contribution is 6.01. The monoisotopic (exact) mass is 229 g/mol. The first-order chi connectivity index (χ1) is 8.22. The Kier molecular flexibility index (Phi) is 3.05. The van der Waals surface area contributed by atoms with E-state index in [1.807, 2.05) is 0 Å². The maximum Gasteiger partial charge on any atom is 0.208 e. The van der Waals surface area contributed by atoms with Crippen molar-refractivity contribution in [1.82, 2.24) is 4.98 Å². The lowest BCUT2D eigenvalue weighted by Gasteiger charge is -2.18. The molecule has 1 aliphatic rings. The number of carbonyl (C=O) groups excluding carboxylic acids is 1. The highest BCUT2D eigenvalue weighted by Crippen LogP contribution is 2.28. The summed E-state index contributed by atoms with van der Waals surface area (Å²) in [5.41, 5.74) is 0.424. The molecule has 1 aromatic heterocycles. The largest absolute Gasteiger partial charge is 0.502 e. The fraction of sp³-hybridized carbons (Fsp3) is 0.0769.